The molecule has 2 rings (SSSR count). The van der Waals surface area contributed by atoms with Gasteiger partial charge in [-0.25, -0.2) is 0 Å². The highest BCUT2D eigenvalue weighted by Gasteiger charge is 2.30. The van der Waals surface area contributed by atoms with Crippen LogP contribution in [0.25, 0.3) is 0 Å². The molecule has 0 spiro atoms. The first-order chi connectivity index (χ1) is 8.26. The highest BCUT2D eigenvalue weighted by Crippen LogP contribution is 2.23. The highest BCUT2D eigenvalue weighted by molar-refractivity contribution is 5.83. The second kappa shape index (κ2) is 5.65. The van der Waals surface area contributed by atoms with Crippen molar-refractivity contribution >= 4 is 5.91 Å². The van der Waals surface area contributed by atoms with Gasteiger partial charge < -0.3 is 15.0 Å². The van der Waals surface area contributed by atoms with Gasteiger partial charge in [0.2, 0.25) is 5.91 Å². The molecule has 1 fully saturated rings. The van der Waals surface area contributed by atoms with Crippen LogP contribution < -0.4 is 5.32 Å². The molecule has 1 N–H and O–H groups in total. The molecule has 0 aromatic rings. The summed E-state index contributed by atoms with van der Waals surface area (Å²) in [5.74, 6) is 0.194. The number of hydrogen-bond acceptors (Lipinski definition) is 3. The van der Waals surface area contributed by atoms with Gasteiger partial charge in [-0.3, -0.25) is 4.79 Å². The van der Waals surface area contributed by atoms with Crippen LogP contribution in [0, 0.1) is 0 Å². The molecule has 0 aromatic carbocycles. The van der Waals surface area contributed by atoms with E-state index in [-0.39, 0.29) is 11.9 Å². The van der Waals surface area contributed by atoms with Gasteiger partial charge in [0.1, 0.15) is 6.04 Å². The minimum Gasteiger partial charge on any atom is -0.378 e. The largest absolute Gasteiger partial charge is 0.378 e. The molecule has 1 amide bonds. The monoisotopic (exact) mass is 238 g/mol. The third-order valence-electron chi connectivity index (χ3n) is 3.65. The molecule has 96 valence electrons. The summed E-state index contributed by atoms with van der Waals surface area (Å²) >= 11 is 0. The van der Waals surface area contributed by atoms with E-state index < -0.39 is 0 Å². The lowest BCUT2D eigenvalue weighted by atomic mass is 10.1. The van der Waals surface area contributed by atoms with Gasteiger partial charge in [0.05, 0.1) is 13.2 Å². The van der Waals surface area contributed by atoms with Crippen molar-refractivity contribution in [3.63, 3.8) is 0 Å². The van der Waals surface area contributed by atoms with Gasteiger partial charge in [0, 0.05) is 19.6 Å². The summed E-state index contributed by atoms with van der Waals surface area (Å²) in [5, 5.41) is 3.23. The van der Waals surface area contributed by atoms with E-state index in [0.29, 0.717) is 13.2 Å². The van der Waals surface area contributed by atoms with E-state index in [1.54, 1.807) is 0 Å². The molecule has 0 aromatic heterocycles. The smallest absolute Gasteiger partial charge is 0.242 e. The van der Waals surface area contributed by atoms with Crippen molar-refractivity contribution in [3.05, 3.63) is 11.1 Å². The summed E-state index contributed by atoms with van der Waals surface area (Å²) in [6.07, 6.45) is 2.11. The molecule has 1 saturated heterocycles. The van der Waals surface area contributed by atoms with Crippen molar-refractivity contribution in [2.75, 3.05) is 32.8 Å². The van der Waals surface area contributed by atoms with Crippen LogP contribution in [0.1, 0.15) is 26.7 Å². The molecular weight excluding hydrogens is 216 g/mol. The molecule has 2 heterocycles. The molecule has 0 saturated carbocycles. The Hall–Kier alpha value is -0.870. The Morgan fingerprint density at radius 3 is 2.47 bits per heavy atom. The second-order valence-corrected chi connectivity index (χ2v) is 4.69. The normalized spacial score (nSPS) is 25.5. The lowest BCUT2D eigenvalue weighted by Gasteiger charge is -2.27. The number of nitrogens with zero attached hydrogens (tertiary/aromatic N) is 1. The maximum absolute atomic E-state index is 12.3. The Labute approximate surface area is 103 Å². The van der Waals surface area contributed by atoms with Crippen LogP contribution in [0.4, 0.5) is 0 Å². The summed E-state index contributed by atoms with van der Waals surface area (Å²) in [7, 11) is 0. The van der Waals surface area contributed by atoms with Gasteiger partial charge in [0.25, 0.3) is 0 Å². The summed E-state index contributed by atoms with van der Waals surface area (Å²) in [4.78, 5) is 14.2. The van der Waals surface area contributed by atoms with E-state index in [1.807, 2.05) is 4.90 Å². The average Bonchev–Trinajstić information content (AvgIpc) is 2.82. The molecule has 17 heavy (non-hydrogen) atoms. The lowest BCUT2D eigenvalue weighted by molar-refractivity contribution is -0.135. The van der Waals surface area contributed by atoms with E-state index in [1.165, 1.54) is 11.1 Å². The van der Waals surface area contributed by atoms with E-state index in [4.69, 9.17) is 4.74 Å². The van der Waals surface area contributed by atoms with Gasteiger partial charge in [-0.1, -0.05) is 25.0 Å². The lowest BCUT2D eigenvalue weighted by Crippen LogP contribution is -2.52. The van der Waals surface area contributed by atoms with Crippen molar-refractivity contribution in [3.8, 4) is 0 Å². The molecular formula is C13H22N2O2. The van der Waals surface area contributed by atoms with Gasteiger partial charge in [-0.2, -0.15) is 0 Å². The number of amides is 1. The number of hydrogen-bond donors (Lipinski definition) is 1. The summed E-state index contributed by atoms with van der Waals surface area (Å²) in [5.41, 5.74) is 2.88. The average molecular weight is 238 g/mol. The Morgan fingerprint density at radius 1 is 1.35 bits per heavy atom. The predicted octanol–water partition coefficient (Wildman–Crippen LogP) is 0.934. The van der Waals surface area contributed by atoms with E-state index in [9.17, 15) is 4.79 Å². The summed E-state index contributed by atoms with van der Waals surface area (Å²) < 4.78 is 5.35. The number of carbonyl (C=O) groups excluding carboxylic acids is 1. The number of nitrogens with one attached hydrogen (secondary N) is 1. The van der Waals surface area contributed by atoms with Gasteiger partial charge in [-0.15, -0.1) is 0 Å². The first kappa shape index (κ1) is 12.6. The fraction of sp³-hybridized carbons (Fsp3) is 0.769. The zero-order valence-electron chi connectivity index (χ0n) is 10.8. The fourth-order valence-electron chi connectivity index (χ4n) is 2.56. The van der Waals surface area contributed by atoms with Gasteiger partial charge in [-0.05, 0) is 12.8 Å². The highest BCUT2D eigenvalue weighted by atomic mass is 16.5. The molecule has 2 aliphatic heterocycles. The molecule has 0 bridgehead atoms. The van der Waals surface area contributed by atoms with Crippen LogP contribution in [-0.4, -0.2) is 49.7 Å². The van der Waals surface area contributed by atoms with Crippen LogP contribution >= 0.6 is 0 Å². The zero-order valence-corrected chi connectivity index (χ0v) is 10.8. The number of rotatable bonds is 3. The molecule has 1 atom stereocenters. The van der Waals surface area contributed by atoms with Crippen LogP contribution in [0.3, 0.4) is 0 Å². The Bertz CT molecular complexity index is 303. The molecule has 0 radical (unpaired) electrons. The Kier molecular flexibility index (Phi) is 4.18. The number of carbonyl (C=O) groups is 1. The number of ether oxygens (including phenoxy) is 1. The van der Waals surface area contributed by atoms with Crippen LogP contribution in [-0.2, 0) is 9.53 Å². The van der Waals surface area contributed by atoms with Crippen molar-refractivity contribution in [2.24, 2.45) is 0 Å². The molecule has 2 aliphatic rings. The topological polar surface area (TPSA) is 41.6 Å². The molecule has 4 nitrogen and oxygen atoms in total. The van der Waals surface area contributed by atoms with E-state index >= 15 is 0 Å². The summed E-state index contributed by atoms with van der Waals surface area (Å²) in [6.45, 7) is 7.97. The Morgan fingerprint density at radius 2 is 2.00 bits per heavy atom. The minimum absolute atomic E-state index is 0.141. The second-order valence-electron chi connectivity index (χ2n) is 4.69. The van der Waals surface area contributed by atoms with E-state index in [2.05, 4.69) is 19.2 Å². The third-order valence-corrected chi connectivity index (χ3v) is 3.65. The van der Waals surface area contributed by atoms with Crippen molar-refractivity contribution in [1.29, 1.82) is 0 Å². The third kappa shape index (κ3) is 2.69. The van der Waals surface area contributed by atoms with Gasteiger partial charge >= 0.3 is 0 Å². The fourth-order valence-corrected chi connectivity index (χ4v) is 2.56. The Balaban J connectivity index is 1.94. The standard InChI is InChI=1S/C13H22N2O2/c1-3-10-7-15(8-11(10)4-2)13(16)12-9-17-6-5-14-12/h12,14H,3-9H2,1-2H3. The van der Waals surface area contributed by atoms with Crippen LogP contribution in [0.5, 0.6) is 0 Å². The SMILES string of the molecule is CCC1=C(CC)CN(C(=O)C2COCCN2)C1. The van der Waals surface area contributed by atoms with Crippen LogP contribution in [0.2, 0.25) is 0 Å². The first-order valence-electron chi connectivity index (χ1n) is 6.56. The first-order valence-corrected chi connectivity index (χ1v) is 6.56. The maximum atomic E-state index is 12.3. The maximum Gasteiger partial charge on any atom is 0.242 e. The van der Waals surface area contributed by atoms with Crippen molar-refractivity contribution < 1.29 is 9.53 Å². The molecule has 4 heteroatoms. The zero-order chi connectivity index (χ0) is 12.3. The minimum atomic E-state index is -0.141. The van der Waals surface area contributed by atoms with Crippen molar-refractivity contribution in [2.45, 2.75) is 32.7 Å². The quantitative estimate of drug-likeness (QED) is 0.744. The summed E-state index contributed by atoms with van der Waals surface area (Å²) in [6, 6.07) is -0.141. The van der Waals surface area contributed by atoms with Crippen molar-refractivity contribution in [1.82, 2.24) is 10.2 Å². The molecule has 1 unspecified atom stereocenters. The number of morpholine rings is 1. The molecule has 0 aliphatic carbocycles. The van der Waals surface area contributed by atoms with Crippen LogP contribution in [0.15, 0.2) is 11.1 Å². The van der Waals surface area contributed by atoms with E-state index in [0.717, 1.165) is 32.5 Å². The predicted molar refractivity (Wildman–Crippen MR) is 66.8 cm³/mol. The van der Waals surface area contributed by atoms with Gasteiger partial charge in [0.15, 0.2) is 0 Å².